The van der Waals surface area contributed by atoms with Crippen LogP contribution in [0, 0.1) is 18.3 Å². The molecule has 0 amide bonds. The molecule has 0 aliphatic heterocycles. The molecule has 0 radical (unpaired) electrons. The Morgan fingerprint density at radius 1 is 1.11 bits per heavy atom. The van der Waals surface area contributed by atoms with Gasteiger partial charge < -0.3 is 15.2 Å². The van der Waals surface area contributed by atoms with E-state index in [4.69, 9.17) is 20.5 Å². The highest BCUT2D eigenvalue weighted by Gasteiger charge is 2.07. The van der Waals surface area contributed by atoms with Crippen molar-refractivity contribution in [3.63, 3.8) is 0 Å². The van der Waals surface area contributed by atoms with Gasteiger partial charge in [-0.15, -0.1) is 0 Å². The molecule has 4 heteroatoms. The monoisotopic (exact) mass is 254 g/mol. The molecule has 0 aliphatic carbocycles. The fourth-order valence-corrected chi connectivity index (χ4v) is 1.72. The molecule has 0 saturated carbocycles. The summed E-state index contributed by atoms with van der Waals surface area (Å²) in [7, 11) is 1.56. The second kappa shape index (κ2) is 5.32. The summed E-state index contributed by atoms with van der Waals surface area (Å²) < 4.78 is 11.0. The van der Waals surface area contributed by atoms with Crippen LogP contribution in [0.1, 0.15) is 11.1 Å². The normalized spacial score (nSPS) is 9.74. The van der Waals surface area contributed by atoms with E-state index < -0.39 is 0 Å². The lowest BCUT2D eigenvalue weighted by Crippen LogP contribution is -1.93. The molecule has 4 nitrogen and oxygen atoms in total. The standard InChI is InChI=1S/C15H14N2O2/c1-10-7-13(5-3-11(10)9-16)19-14-6-4-12(17)8-15(14)18-2/h3-8H,17H2,1-2H3. The Balaban J connectivity index is 2.31. The van der Waals surface area contributed by atoms with E-state index in [9.17, 15) is 0 Å². The first-order chi connectivity index (χ1) is 9.13. The van der Waals surface area contributed by atoms with E-state index in [2.05, 4.69) is 6.07 Å². The highest BCUT2D eigenvalue weighted by molar-refractivity contribution is 5.53. The minimum absolute atomic E-state index is 0.571. The van der Waals surface area contributed by atoms with Gasteiger partial charge in [0, 0.05) is 11.8 Å². The van der Waals surface area contributed by atoms with Gasteiger partial charge in [-0.25, -0.2) is 0 Å². The van der Waals surface area contributed by atoms with Crippen LogP contribution < -0.4 is 15.2 Å². The number of nitriles is 1. The molecular weight excluding hydrogens is 240 g/mol. The van der Waals surface area contributed by atoms with Gasteiger partial charge in [-0.1, -0.05) is 0 Å². The number of hydrogen-bond donors (Lipinski definition) is 1. The fourth-order valence-electron chi connectivity index (χ4n) is 1.72. The highest BCUT2D eigenvalue weighted by Crippen LogP contribution is 2.33. The van der Waals surface area contributed by atoms with Crippen LogP contribution in [0.5, 0.6) is 17.2 Å². The highest BCUT2D eigenvalue weighted by atomic mass is 16.5. The summed E-state index contributed by atoms with van der Waals surface area (Å²) in [6, 6.07) is 12.6. The molecule has 0 bridgehead atoms. The number of methoxy groups -OCH3 is 1. The van der Waals surface area contributed by atoms with E-state index in [0.29, 0.717) is 28.5 Å². The molecule has 2 N–H and O–H groups in total. The summed E-state index contributed by atoms with van der Waals surface area (Å²) in [5.41, 5.74) is 7.80. The summed E-state index contributed by atoms with van der Waals surface area (Å²) in [6.45, 7) is 1.87. The second-order valence-electron chi connectivity index (χ2n) is 4.10. The number of nitrogens with two attached hydrogens (primary N) is 1. The Morgan fingerprint density at radius 2 is 1.89 bits per heavy atom. The van der Waals surface area contributed by atoms with Gasteiger partial charge in [0.15, 0.2) is 11.5 Å². The third kappa shape index (κ3) is 2.78. The Kier molecular flexibility index (Phi) is 3.58. The van der Waals surface area contributed by atoms with E-state index >= 15 is 0 Å². The van der Waals surface area contributed by atoms with Crippen molar-refractivity contribution in [3.8, 4) is 23.3 Å². The summed E-state index contributed by atoms with van der Waals surface area (Å²) in [5, 5.41) is 8.89. The number of benzene rings is 2. The van der Waals surface area contributed by atoms with Gasteiger partial charge in [-0.05, 0) is 42.8 Å². The molecule has 0 saturated heterocycles. The largest absolute Gasteiger partial charge is 0.493 e. The zero-order valence-corrected chi connectivity index (χ0v) is 10.8. The molecule has 0 heterocycles. The molecule has 0 spiro atoms. The second-order valence-corrected chi connectivity index (χ2v) is 4.10. The first-order valence-corrected chi connectivity index (χ1v) is 5.76. The summed E-state index contributed by atoms with van der Waals surface area (Å²) >= 11 is 0. The van der Waals surface area contributed by atoms with Gasteiger partial charge in [-0.2, -0.15) is 5.26 Å². The molecule has 2 rings (SSSR count). The van der Waals surface area contributed by atoms with Crippen LogP contribution in [0.25, 0.3) is 0 Å². The van der Waals surface area contributed by atoms with E-state index in [1.54, 1.807) is 37.4 Å². The Labute approximate surface area is 112 Å². The van der Waals surface area contributed by atoms with Crippen molar-refractivity contribution in [3.05, 3.63) is 47.5 Å². The van der Waals surface area contributed by atoms with Crippen molar-refractivity contribution >= 4 is 5.69 Å². The van der Waals surface area contributed by atoms with E-state index in [-0.39, 0.29) is 0 Å². The number of nitrogens with zero attached hydrogens (tertiary/aromatic N) is 1. The van der Waals surface area contributed by atoms with Gasteiger partial charge in [0.1, 0.15) is 5.75 Å². The van der Waals surface area contributed by atoms with Crippen LogP contribution in [0.4, 0.5) is 5.69 Å². The minimum atomic E-state index is 0.571. The lowest BCUT2D eigenvalue weighted by molar-refractivity contribution is 0.379. The first kappa shape index (κ1) is 12.8. The van der Waals surface area contributed by atoms with Gasteiger partial charge in [-0.3, -0.25) is 0 Å². The summed E-state index contributed by atoms with van der Waals surface area (Å²) in [5.74, 6) is 1.81. The van der Waals surface area contributed by atoms with E-state index in [0.717, 1.165) is 5.56 Å². The average molecular weight is 254 g/mol. The average Bonchev–Trinajstić information content (AvgIpc) is 2.41. The van der Waals surface area contributed by atoms with Gasteiger partial charge in [0.2, 0.25) is 0 Å². The van der Waals surface area contributed by atoms with Crippen LogP contribution in [-0.4, -0.2) is 7.11 Å². The number of anilines is 1. The van der Waals surface area contributed by atoms with Crippen molar-refractivity contribution in [2.45, 2.75) is 6.92 Å². The minimum Gasteiger partial charge on any atom is -0.493 e. The first-order valence-electron chi connectivity index (χ1n) is 5.76. The van der Waals surface area contributed by atoms with Gasteiger partial charge >= 0.3 is 0 Å². The molecule has 96 valence electrons. The quantitative estimate of drug-likeness (QED) is 0.854. The Morgan fingerprint density at radius 3 is 2.53 bits per heavy atom. The molecule has 0 fully saturated rings. The molecule has 2 aromatic carbocycles. The molecule has 0 aromatic heterocycles. The molecule has 19 heavy (non-hydrogen) atoms. The summed E-state index contributed by atoms with van der Waals surface area (Å²) in [6.07, 6.45) is 0. The molecule has 0 unspecified atom stereocenters. The zero-order chi connectivity index (χ0) is 13.8. The fraction of sp³-hybridized carbons (Fsp3) is 0.133. The smallest absolute Gasteiger partial charge is 0.169 e. The number of hydrogen-bond acceptors (Lipinski definition) is 4. The maximum absolute atomic E-state index is 8.89. The van der Waals surface area contributed by atoms with E-state index in [1.807, 2.05) is 13.0 Å². The maximum atomic E-state index is 8.89. The molecule has 0 atom stereocenters. The zero-order valence-electron chi connectivity index (χ0n) is 10.8. The third-order valence-electron chi connectivity index (χ3n) is 2.73. The van der Waals surface area contributed by atoms with Crippen LogP contribution in [-0.2, 0) is 0 Å². The van der Waals surface area contributed by atoms with Crippen LogP contribution in [0.15, 0.2) is 36.4 Å². The third-order valence-corrected chi connectivity index (χ3v) is 2.73. The van der Waals surface area contributed by atoms with Gasteiger partial charge in [0.25, 0.3) is 0 Å². The predicted molar refractivity (Wildman–Crippen MR) is 73.4 cm³/mol. The lowest BCUT2D eigenvalue weighted by Gasteiger charge is -2.11. The number of nitrogen functional groups attached to an aromatic ring is 1. The Bertz CT molecular complexity index is 645. The number of ether oxygens (including phenoxy) is 2. The van der Waals surface area contributed by atoms with Crippen LogP contribution in [0.3, 0.4) is 0 Å². The maximum Gasteiger partial charge on any atom is 0.169 e. The van der Waals surface area contributed by atoms with Crippen molar-refractivity contribution in [1.82, 2.24) is 0 Å². The van der Waals surface area contributed by atoms with Gasteiger partial charge in [0.05, 0.1) is 18.7 Å². The predicted octanol–water partition coefficient (Wildman–Crippen LogP) is 3.25. The van der Waals surface area contributed by atoms with Crippen molar-refractivity contribution in [2.75, 3.05) is 12.8 Å². The lowest BCUT2D eigenvalue weighted by atomic mass is 10.1. The SMILES string of the molecule is COc1cc(N)ccc1Oc1ccc(C#N)c(C)c1. The topological polar surface area (TPSA) is 68.3 Å². The Hall–Kier alpha value is -2.67. The van der Waals surface area contributed by atoms with E-state index in [1.165, 1.54) is 0 Å². The molecule has 2 aromatic rings. The van der Waals surface area contributed by atoms with Crippen LogP contribution in [0.2, 0.25) is 0 Å². The molecule has 0 aliphatic rings. The van der Waals surface area contributed by atoms with Crippen molar-refractivity contribution in [1.29, 1.82) is 5.26 Å². The van der Waals surface area contributed by atoms with Crippen molar-refractivity contribution < 1.29 is 9.47 Å². The molecular formula is C15H14N2O2. The number of rotatable bonds is 3. The van der Waals surface area contributed by atoms with Crippen LogP contribution >= 0.6 is 0 Å². The van der Waals surface area contributed by atoms with Crippen molar-refractivity contribution in [2.24, 2.45) is 0 Å². The summed E-state index contributed by atoms with van der Waals surface area (Å²) in [4.78, 5) is 0. The number of aryl methyl sites for hydroxylation is 1.